The predicted molar refractivity (Wildman–Crippen MR) is 136 cm³/mol. The minimum absolute atomic E-state index is 0.0126. The number of fused-ring (bicyclic) bond motifs is 1. The minimum Gasteiger partial charge on any atom is -0.469 e. The Balaban J connectivity index is 2.34. The summed E-state index contributed by atoms with van der Waals surface area (Å²) in [6, 6.07) is 12.3. The molecular formula is C26H36N2O6S. The van der Waals surface area contributed by atoms with Crippen LogP contribution in [0.3, 0.4) is 0 Å². The van der Waals surface area contributed by atoms with Gasteiger partial charge in [0.05, 0.1) is 30.2 Å². The van der Waals surface area contributed by atoms with Crippen molar-refractivity contribution in [2.75, 3.05) is 40.0 Å². The van der Waals surface area contributed by atoms with E-state index in [-0.39, 0.29) is 30.2 Å². The van der Waals surface area contributed by atoms with Gasteiger partial charge in [0, 0.05) is 27.1 Å². The van der Waals surface area contributed by atoms with Gasteiger partial charge in [-0.1, -0.05) is 50.1 Å². The van der Waals surface area contributed by atoms with Crippen LogP contribution < -0.4 is 0 Å². The largest absolute Gasteiger partial charge is 0.469 e. The fourth-order valence-electron chi connectivity index (χ4n) is 3.78. The number of benzene rings is 2. The monoisotopic (exact) mass is 504 g/mol. The van der Waals surface area contributed by atoms with Crippen molar-refractivity contribution >= 4 is 38.4 Å². The molecule has 0 fully saturated rings. The van der Waals surface area contributed by atoms with Crippen LogP contribution in [0.4, 0.5) is 0 Å². The molecule has 8 nitrogen and oxygen atoms in total. The predicted octanol–water partition coefficient (Wildman–Crippen LogP) is 3.29. The number of hydrogen-bond acceptors (Lipinski definition) is 6. The third-order valence-corrected chi connectivity index (χ3v) is 7.76. The van der Waals surface area contributed by atoms with Gasteiger partial charge in [-0.3, -0.25) is 14.4 Å². The van der Waals surface area contributed by atoms with Crippen LogP contribution in [-0.2, 0) is 29.0 Å². The first-order valence-corrected chi connectivity index (χ1v) is 13.5. The van der Waals surface area contributed by atoms with Crippen molar-refractivity contribution < 1.29 is 27.5 Å². The molecule has 0 saturated heterocycles. The molecule has 1 atom stereocenters. The molecule has 0 N–H and O–H groups in total. The number of rotatable bonds is 13. The van der Waals surface area contributed by atoms with Crippen molar-refractivity contribution in [2.45, 2.75) is 43.9 Å². The Kier molecular flexibility index (Phi) is 10.7. The van der Waals surface area contributed by atoms with Crippen LogP contribution in [0.1, 0.15) is 39.0 Å². The molecular weight excluding hydrogens is 468 g/mol. The molecule has 192 valence electrons. The van der Waals surface area contributed by atoms with E-state index in [0.29, 0.717) is 13.0 Å². The molecule has 2 aromatic carbocycles. The van der Waals surface area contributed by atoms with Crippen LogP contribution in [0.25, 0.3) is 10.8 Å². The number of methoxy groups -OCH3 is 1. The summed E-state index contributed by atoms with van der Waals surface area (Å²) < 4.78 is 31.4. The van der Waals surface area contributed by atoms with Crippen molar-refractivity contribution in [2.24, 2.45) is 5.92 Å². The highest BCUT2D eigenvalue weighted by atomic mass is 32.2. The van der Waals surface area contributed by atoms with Crippen molar-refractivity contribution in [1.82, 2.24) is 9.80 Å². The van der Waals surface area contributed by atoms with E-state index >= 15 is 0 Å². The second-order valence-corrected chi connectivity index (χ2v) is 10.9. The van der Waals surface area contributed by atoms with Gasteiger partial charge in [-0.2, -0.15) is 0 Å². The maximum Gasteiger partial charge on any atom is 0.305 e. The number of amides is 2. The average Bonchev–Trinajstić information content (AvgIpc) is 2.84. The minimum atomic E-state index is -3.85. The van der Waals surface area contributed by atoms with Crippen LogP contribution in [0.15, 0.2) is 47.4 Å². The molecule has 1 unspecified atom stereocenters. The SMILES string of the molecule is CCCCCN(CC(=O)N(C)C)C(=O)C(CCC(=O)OC)CS(=O)(=O)c1ccc2ccccc2c1. The summed E-state index contributed by atoms with van der Waals surface area (Å²) in [4.78, 5) is 40.7. The summed E-state index contributed by atoms with van der Waals surface area (Å²) in [6.45, 7) is 2.24. The molecule has 2 amide bonds. The molecule has 9 heteroatoms. The van der Waals surface area contributed by atoms with Crippen molar-refractivity contribution in [3.63, 3.8) is 0 Å². The average molecular weight is 505 g/mol. The van der Waals surface area contributed by atoms with Crippen LogP contribution in [0, 0.1) is 5.92 Å². The summed E-state index contributed by atoms with van der Waals surface area (Å²) in [5.74, 6) is -2.65. The molecule has 0 radical (unpaired) electrons. The number of sulfone groups is 1. The Bertz CT molecular complexity index is 1130. The molecule has 2 aromatic rings. The summed E-state index contributed by atoms with van der Waals surface area (Å²) in [6.07, 6.45) is 2.43. The second kappa shape index (κ2) is 13.2. The lowest BCUT2D eigenvalue weighted by atomic mass is 10.0. The van der Waals surface area contributed by atoms with Crippen molar-refractivity contribution in [3.05, 3.63) is 42.5 Å². The van der Waals surface area contributed by atoms with E-state index in [9.17, 15) is 22.8 Å². The summed E-state index contributed by atoms with van der Waals surface area (Å²) >= 11 is 0. The van der Waals surface area contributed by atoms with Gasteiger partial charge >= 0.3 is 5.97 Å². The highest BCUT2D eigenvalue weighted by Gasteiger charge is 2.32. The van der Waals surface area contributed by atoms with Gasteiger partial charge < -0.3 is 14.5 Å². The highest BCUT2D eigenvalue weighted by molar-refractivity contribution is 7.91. The number of likely N-dealkylation sites (N-methyl/N-ethyl adjacent to an activating group) is 1. The molecule has 0 bridgehead atoms. The second-order valence-electron chi connectivity index (χ2n) is 8.86. The van der Waals surface area contributed by atoms with E-state index in [2.05, 4.69) is 0 Å². The van der Waals surface area contributed by atoms with Gasteiger partial charge in [0.2, 0.25) is 11.8 Å². The molecule has 35 heavy (non-hydrogen) atoms. The lowest BCUT2D eigenvalue weighted by molar-refractivity contribution is -0.143. The molecule has 0 heterocycles. The number of carbonyl (C=O) groups is 3. The Morgan fingerprint density at radius 2 is 1.69 bits per heavy atom. The third kappa shape index (κ3) is 8.35. The number of unbranched alkanes of at least 4 members (excludes halogenated alkanes) is 2. The maximum atomic E-state index is 13.6. The topological polar surface area (TPSA) is 101 Å². The van der Waals surface area contributed by atoms with Gasteiger partial charge in [-0.15, -0.1) is 0 Å². The molecule has 2 rings (SSSR count). The highest BCUT2D eigenvalue weighted by Crippen LogP contribution is 2.24. The van der Waals surface area contributed by atoms with E-state index in [1.165, 1.54) is 23.0 Å². The Morgan fingerprint density at radius 3 is 2.31 bits per heavy atom. The number of hydrogen-bond donors (Lipinski definition) is 0. The third-order valence-electron chi connectivity index (χ3n) is 5.94. The zero-order valence-electron chi connectivity index (χ0n) is 21.0. The molecule has 0 aromatic heterocycles. The van der Waals surface area contributed by atoms with Crippen LogP contribution in [-0.4, -0.2) is 76.0 Å². The Labute approximate surface area is 208 Å². The summed E-state index contributed by atoms with van der Waals surface area (Å²) in [5.41, 5.74) is 0. The molecule has 0 aliphatic heterocycles. The van der Waals surface area contributed by atoms with Crippen LogP contribution >= 0.6 is 0 Å². The smallest absolute Gasteiger partial charge is 0.305 e. The number of esters is 1. The van der Waals surface area contributed by atoms with Crippen molar-refractivity contribution in [1.29, 1.82) is 0 Å². The van der Waals surface area contributed by atoms with E-state index < -0.39 is 33.4 Å². The first-order chi connectivity index (χ1) is 16.6. The van der Waals surface area contributed by atoms with Gasteiger partial charge in [-0.25, -0.2) is 8.42 Å². The molecule has 0 aliphatic carbocycles. The lowest BCUT2D eigenvalue weighted by Crippen LogP contribution is -2.45. The zero-order valence-corrected chi connectivity index (χ0v) is 21.8. The van der Waals surface area contributed by atoms with Gasteiger partial charge in [0.15, 0.2) is 9.84 Å². The Morgan fingerprint density at radius 1 is 1.00 bits per heavy atom. The van der Waals surface area contributed by atoms with E-state index in [1.807, 2.05) is 31.2 Å². The quantitative estimate of drug-likeness (QED) is 0.306. The van der Waals surface area contributed by atoms with Crippen LogP contribution in [0.2, 0.25) is 0 Å². The molecule has 0 aliphatic rings. The van der Waals surface area contributed by atoms with E-state index in [4.69, 9.17) is 4.74 Å². The first kappa shape index (κ1) is 28.3. The summed E-state index contributed by atoms with van der Waals surface area (Å²) in [5, 5.41) is 1.69. The van der Waals surface area contributed by atoms with E-state index in [0.717, 1.165) is 23.6 Å². The normalized spacial score (nSPS) is 12.2. The standard InChI is InChI=1S/C26H36N2O6S/c1-5-6-9-16-28(18-24(29)27(2)3)26(31)22(13-15-25(30)34-4)19-35(32,33)23-14-12-20-10-7-8-11-21(20)17-23/h7-8,10-12,14,17,22H,5-6,9,13,15-16,18-19H2,1-4H3. The maximum absolute atomic E-state index is 13.6. The fraction of sp³-hybridized carbons (Fsp3) is 0.500. The van der Waals surface area contributed by atoms with Crippen LogP contribution in [0.5, 0.6) is 0 Å². The van der Waals surface area contributed by atoms with Gasteiger partial charge in [0.1, 0.15) is 0 Å². The van der Waals surface area contributed by atoms with Gasteiger partial charge in [0.25, 0.3) is 0 Å². The fourth-order valence-corrected chi connectivity index (χ4v) is 5.39. The Hall–Kier alpha value is -2.94. The van der Waals surface area contributed by atoms with Crippen molar-refractivity contribution in [3.8, 4) is 0 Å². The molecule has 0 saturated carbocycles. The zero-order chi connectivity index (χ0) is 26.0. The number of nitrogens with zero attached hydrogens (tertiary/aromatic N) is 2. The van der Waals surface area contributed by atoms with Gasteiger partial charge in [-0.05, 0) is 35.7 Å². The lowest BCUT2D eigenvalue weighted by Gasteiger charge is -2.28. The number of ether oxygens (including phenoxy) is 1. The number of carbonyl (C=O) groups excluding carboxylic acids is 3. The molecule has 0 spiro atoms. The summed E-state index contributed by atoms with van der Waals surface area (Å²) in [7, 11) is 0.613. The first-order valence-electron chi connectivity index (χ1n) is 11.9. The van der Waals surface area contributed by atoms with E-state index in [1.54, 1.807) is 26.2 Å².